The third-order valence-corrected chi connectivity index (χ3v) is 7.56. The maximum atomic E-state index is 2.41. The van der Waals surface area contributed by atoms with Gasteiger partial charge in [0.15, 0.2) is 0 Å². The maximum Gasteiger partial charge on any atom is -0.000741 e. The van der Waals surface area contributed by atoms with Gasteiger partial charge in [-0.05, 0) is 116 Å². The van der Waals surface area contributed by atoms with Crippen molar-refractivity contribution in [1.29, 1.82) is 0 Å². The lowest BCUT2D eigenvalue weighted by Gasteiger charge is -2.13. The molecule has 0 N–H and O–H groups in total. The van der Waals surface area contributed by atoms with E-state index in [2.05, 4.69) is 88.4 Å². The minimum atomic E-state index is 1.37. The van der Waals surface area contributed by atoms with Crippen LogP contribution < -0.4 is 0 Å². The molecule has 0 heteroatoms. The molecule has 2 aliphatic carbocycles. The van der Waals surface area contributed by atoms with Crippen molar-refractivity contribution in [2.75, 3.05) is 0 Å². The van der Waals surface area contributed by atoms with Crippen LogP contribution in [0.4, 0.5) is 0 Å². The molecule has 0 nitrogen and oxygen atoms in total. The predicted molar refractivity (Wildman–Crippen MR) is 129 cm³/mol. The Morgan fingerprint density at radius 1 is 0.400 bits per heavy atom. The highest BCUT2D eigenvalue weighted by Crippen LogP contribution is 2.59. The molecule has 0 amide bonds. The largest absolute Gasteiger partial charge is 0.0616 e. The molecule has 0 atom stereocenters. The van der Waals surface area contributed by atoms with Crippen LogP contribution in [0.5, 0.6) is 0 Å². The minimum Gasteiger partial charge on any atom is -0.0616 e. The third-order valence-electron chi connectivity index (χ3n) is 7.56. The van der Waals surface area contributed by atoms with Gasteiger partial charge in [0, 0.05) is 0 Å². The fraction of sp³-hybridized carbons (Fsp3) is 0.133. The second kappa shape index (κ2) is 5.21. The van der Waals surface area contributed by atoms with Crippen LogP contribution in [0.3, 0.4) is 0 Å². The Morgan fingerprint density at radius 2 is 0.767 bits per heavy atom. The summed E-state index contributed by atoms with van der Waals surface area (Å²) in [4.78, 5) is 0. The van der Waals surface area contributed by atoms with Crippen LogP contribution in [0.1, 0.15) is 22.3 Å². The summed E-state index contributed by atoms with van der Waals surface area (Å²) in [5.41, 5.74) is 16.7. The number of benzene rings is 5. The van der Waals surface area contributed by atoms with Crippen molar-refractivity contribution in [2.45, 2.75) is 27.7 Å². The van der Waals surface area contributed by atoms with Crippen molar-refractivity contribution >= 4 is 21.5 Å². The molecule has 0 saturated carbocycles. The summed E-state index contributed by atoms with van der Waals surface area (Å²) >= 11 is 0. The molecule has 142 valence electrons. The van der Waals surface area contributed by atoms with Gasteiger partial charge in [0.05, 0.1) is 0 Å². The number of aryl methyl sites for hydroxylation is 4. The van der Waals surface area contributed by atoms with Crippen LogP contribution in [-0.2, 0) is 0 Å². The Labute approximate surface area is 176 Å². The van der Waals surface area contributed by atoms with Crippen molar-refractivity contribution in [1.82, 2.24) is 0 Å². The zero-order valence-electron chi connectivity index (χ0n) is 17.8. The fourth-order valence-electron chi connectivity index (χ4n) is 5.81. The first-order chi connectivity index (χ1) is 14.5. The van der Waals surface area contributed by atoms with Crippen LogP contribution in [0.2, 0.25) is 0 Å². The monoisotopic (exact) mass is 382 g/mol. The Balaban J connectivity index is 1.79. The summed E-state index contributed by atoms with van der Waals surface area (Å²) in [6, 6.07) is 23.4. The Morgan fingerprint density at radius 3 is 1.17 bits per heavy atom. The number of fused-ring (bicyclic) bond motifs is 9. The first-order valence-corrected chi connectivity index (χ1v) is 10.8. The maximum absolute atomic E-state index is 2.41. The fourth-order valence-corrected chi connectivity index (χ4v) is 5.81. The van der Waals surface area contributed by atoms with Gasteiger partial charge in [-0.15, -0.1) is 0 Å². The van der Waals surface area contributed by atoms with E-state index in [1.807, 2.05) is 0 Å². The van der Waals surface area contributed by atoms with Gasteiger partial charge in [0.25, 0.3) is 0 Å². The number of hydrogen-bond donors (Lipinski definition) is 0. The SMILES string of the molecule is Cc1cc2c(cc1C)-c1c3ccccc3c3c4c(ccc-2c14)-c1cc(C)c(C)cc1-3. The van der Waals surface area contributed by atoms with E-state index in [1.54, 1.807) is 0 Å². The smallest absolute Gasteiger partial charge is 0.000741 e. The summed E-state index contributed by atoms with van der Waals surface area (Å²) in [7, 11) is 0. The van der Waals surface area contributed by atoms with E-state index < -0.39 is 0 Å². The van der Waals surface area contributed by atoms with Crippen LogP contribution in [0, 0.1) is 27.7 Å². The van der Waals surface area contributed by atoms with Crippen LogP contribution in [0.25, 0.3) is 66.1 Å². The molecule has 30 heavy (non-hydrogen) atoms. The third kappa shape index (κ3) is 1.75. The molecule has 0 heterocycles. The molecule has 0 spiro atoms. The average molecular weight is 383 g/mol. The minimum absolute atomic E-state index is 1.37. The first-order valence-electron chi connectivity index (χ1n) is 10.8. The molecule has 0 aromatic heterocycles. The van der Waals surface area contributed by atoms with Crippen molar-refractivity contribution in [2.24, 2.45) is 0 Å². The van der Waals surface area contributed by atoms with E-state index in [-0.39, 0.29) is 0 Å². The number of rotatable bonds is 0. The lowest BCUT2D eigenvalue weighted by molar-refractivity contribution is 1.35. The highest BCUT2D eigenvalue weighted by molar-refractivity contribution is 6.34. The zero-order valence-corrected chi connectivity index (χ0v) is 17.8. The van der Waals surface area contributed by atoms with Gasteiger partial charge in [-0.25, -0.2) is 0 Å². The van der Waals surface area contributed by atoms with Gasteiger partial charge in [0.2, 0.25) is 0 Å². The lowest BCUT2D eigenvalue weighted by atomic mass is 9.90. The highest BCUT2D eigenvalue weighted by atomic mass is 14.3. The lowest BCUT2D eigenvalue weighted by Crippen LogP contribution is -1.87. The summed E-state index contributed by atoms with van der Waals surface area (Å²) in [5, 5.41) is 5.67. The van der Waals surface area contributed by atoms with Crippen molar-refractivity contribution < 1.29 is 0 Å². The van der Waals surface area contributed by atoms with Crippen molar-refractivity contribution in [3.63, 3.8) is 0 Å². The van der Waals surface area contributed by atoms with E-state index in [4.69, 9.17) is 0 Å². The Bertz CT molecular complexity index is 1490. The van der Waals surface area contributed by atoms with Gasteiger partial charge < -0.3 is 0 Å². The molecular weight excluding hydrogens is 360 g/mol. The molecule has 5 aromatic rings. The second-order valence-corrected chi connectivity index (χ2v) is 9.17. The van der Waals surface area contributed by atoms with E-state index in [1.165, 1.54) is 88.3 Å². The molecule has 0 fully saturated rings. The number of hydrogen-bond acceptors (Lipinski definition) is 0. The standard InChI is InChI=1S/C30H22/c1-15-11-23-21-9-10-22-24-12-16(2)18(4)14-26(24)28-20-8-6-5-7-19(20)27(29(21)30(22)28)25(23)13-17(15)3/h5-14H,1-4H3. The summed E-state index contributed by atoms with van der Waals surface area (Å²) in [5.74, 6) is 0. The molecule has 0 bridgehead atoms. The summed E-state index contributed by atoms with van der Waals surface area (Å²) in [6.45, 7) is 8.93. The molecule has 0 radical (unpaired) electrons. The van der Waals surface area contributed by atoms with Crippen LogP contribution >= 0.6 is 0 Å². The van der Waals surface area contributed by atoms with Gasteiger partial charge in [-0.2, -0.15) is 0 Å². The summed E-state index contributed by atoms with van der Waals surface area (Å²) in [6.07, 6.45) is 0. The molecule has 0 saturated heterocycles. The molecule has 7 rings (SSSR count). The normalized spacial score (nSPS) is 12.7. The molecule has 0 aliphatic heterocycles. The second-order valence-electron chi connectivity index (χ2n) is 9.17. The highest BCUT2D eigenvalue weighted by Gasteiger charge is 2.32. The van der Waals surface area contributed by atoms with E-state index in [0.717, 1.165) is 0 Å². The van der Waals surface area contributed by atoms with Gasteiger partial charge >= 0.3 is 0 Å². The molecule has 2 aliphatic rings. The Kier molecular flexibility index (Phi) is 2.85. The van der Waals surface area contributed by atoms with Crippen LogP contribution in [-0.4, -0.2) is 0 Å². The van der Waals surface area contributed by atoms with Crippen LogP contribution in [0.15, 0.2) is 60.7 Å². The van der Waals surface area contributed by atoms with Gasteiger partial charge in [0.1, 0.15) is 0 Å². The van der Waals surface area contributed by atoms with E-state index in [9.17, 15) is 0 Å². The molecular formula is C30H22. The predicted octanol–water partition coefficient (Wildman–Crippen LogP) is 8.52. The quantitative estimate of drug-likeness (QED) is 0.231. The van der Waals surface area contributed by atoms with Gasteiger partial charge in [-0.1, -0.05) is 60.7 Å². The van der Waals surface area contributed by atoms with E-state index in [0.29, 0.717) is 0 Å². The zero-order chi connectivity index (χ0) is 20.3. The summed E-state index contributed by atoms with van der Waals surface area (Å²) < 4.78 is 0. The van der Waals surface area contributed by atoms with Crippen molar-refractivity contribution in [3.8, 4) is 44.5 Å². The van der Waals surface area contributed by atoms with E-state index >= 15 is 0 Å². The average Bonchev–Trinajstić information content (AvgIpc) is 3.22. The Hall–Kier alpha value is -3.38. The van der Waals surface area contributed by atoms with Crippen molar-refractivity contribution in [3.05, 3.63) is 82.9 Å². The molecule has 5 aromatic carbocycles. The molecule has 0 unspecified atom stereocenters. The first kappa shape index (κ1) is 16.4. The topological polar surface area (TPSA) is 0 Å². The van der Waals surface area contributed by atoms with Gasteiger partial charge in [-0.3, -0.25) is 0 Å².